The van der Waals surface area contributed by atoms with Gasteiger partial charge in [-0.15, -0.1) is 0 Å². The van der Waals surface area contributed by atoms with Crippen molar-refractivity contribution in [3.63, 3.8) is 0 Å². The SMILES string of the molecule is CNC(C1=CCCCO1)c1ccc(OC)c(C)c1. The third kappa shape index (κ3) is 2.67. The van der Waals surface area contributed by atoms with Crippen molar-refractivity contribution in [2.75, 3.05) is 20.8 Å². The van der Waals surface area contributed by atoms with Crippen LogP contribution in [0.1, 0.15) is 30.0 Å². The van der Waals surface area contributed by atoms with Crippen molar-refractivity contribution in [1.29, 1.82) is 0 Å². The molecular formula is C15H21NO2. The lowest BCUT2D eigenvalue weighted by Gasteiger charge is -2.24. The highest BCUT2D eigenvalue weighted by Crippen LogP contribution is 2.28. The number of methoxy groups -OCH3 is 1. The van der Waals surface area contributed by atoms with E-state index in [-0.39, 0.29) is 6.04 Å². The van der Waals surface area contributed by atoms with Crippen molar-refractivity contribution in [2.45, 2.75) is 25.8 Å². The topological polar surface area (TPSA) is 30.5 Å². The average Bonchev–Trinajstić information content (AvgIpc) is 2.41. The summed E-state index contributed by atoms with van der Waals surface area (Å²) >= 11 is 0. The lowest BCUT2D eigenvalue weighted by atomic mass is 10.0. The highest BCUT2D eigenvalue weighted by molar-refractivity contribution is 5.39. The van der Waals surface area contributed by atoms with Crippen LogP contribution in [0.15, 0.2) is 30.0 Å². The smallest absolute Gasteiger partial charge is 0.121 e. The Hall–Kier alpha value is -1.48. The summed E-state index contributed by atoms with van der Waals surface area (Å²) in [5.74, 6) is 1.96. The molecule has 1 aliphatic heterocycles. The monoisotopic (exact) mass is 247 g/mol. The summed E-state index contributed by atoms with van der Waals surface area (Å²) in [6, 6.07) is 6.39. The summed E-state index contributed by atoms with van der Waals surface area (Å²) in [6.45, 7) is 2.88. The number of hydrogen-bond acceptors (Lipinski definition) is 3. The van der Waals surface area contributed by atoms with E-state index in [2.05, 4.69) is 30.4 Å². The zero-order valence-corrected chi connectivity index (χ0v) is 11.3. The molecule has 18 heavy (non-hydrogen) atoms. The molecule has 1 unspecified atom stereocenters. The molecule has 0 spiro atoms. The second-order valence-corrected chi connectivity index (χ2v) is 4.55. The number of benzene rings is 1. The Kier molecular flexibility index (Phi) is 4.26. The standard InChI is InChI=1S/C15H21NO2/c1-11-10-12(7-8-13(11)17-3)15(16-2)14-6-4-5-9-18-14/h6-8,10,15-16H,4-5,9H2,1-3H3. The normalized spacial score (nSPS) is 16.7. The predicted octanol–water partition coefficient (Wildman–Crippen LogP) is 2.96. The van der Waals surface area contributed by atoms with Gasteiger partial charge in [0.05, 0.1) is 19.8 Å². The number of ether oxygens (including phenoxy) is 2. The molecular weight excluding hydrogens is 226 g/mol. The largest absolute Gasteiger partial charge is 0.496 e. The van der Waals surface area contributed by atoms with Crippen LogP contribution in [0.2, 0.25) is 0 Å². The minimum absolute atomic E-state index is 0.134. The zero-order valence-electron chi connectivity index (χ0n) is 11.3. The number of allylic oxidation sites excluding steroid dienone is 1. The molecule has 2 rings (SSSR count). The average molecular weight is 247 g/mol. The van der Waals surface area contributed by atoms with Gasteiger partial charge in [0, 0.05) is 0 Å². The predicted molar refractivity (Wildman–Crippen MR) is 72.8 cm³/mol. The molecule has 1 aromatic carbocycles. The minimum atomic E-state index is 0.134. The Bertz CT molecular complexity index is 440. The van der Waals surface area contributed by atoms with Gasteiger partial charge >= 0.3 is 0 Å². The van der Waals surface area contributed by atoms with Crippen LogP contribution in [-0.4, -0.2) is 20.8 Å². The van der Waals surface area contributed by atoms with Crippen LogP contribution in [0.4, 0.5) is 0 Å². The van der Waals surface area contributed by atoms with E-state index >= 15 is 0 Å². The van der Waals surface area contributed by atoms with E-state index in [0.29, 0.717) is 0 Å². The number of hydrogen-bond donors (Lipinski definition) is 1. The summed E-state index contributed by atoms with van der Waals surface area (Å²) in [5.41, 5.74) is 2.36. The summed E-state index contributed by atoms with van der Waals surface area (Å²) in [6.07, 6.45) is 4.40. The van der Waals surface area contributed by atoms with E-state index < -0.39 is 0 Å². The third-order valence-corrected chi connectivity index (χ3v) is 3.29. The van der Waals surface area contributed by atoms with Crippen molar-refractivity contribution in [3.05, 3.63) is 41.2 Å². The Morgan fingerprint density at radius 1 is 1.39 bits per heavy atom. The molecule has 0 bridgehead atoms. The molecule has 0 amide bonds. The van der Waals surface area contributed by atoms with Crippen LogP contribution in [0.3, 0.4) is 0 Å². The summed E-state index contributed by atoms with van der Waals surface area (Å²) in [5, 5.41) is 3.32. The number of nitrogens with one attached hydrogen (secondary N) is 1. The van der Waals surface area contributed by atoms with Crippen molar-refractivity contribution in [3.8, 4) is 5.75 Å². The summed E-state index contributed by atoms with van der Waals surface area (Å²) in [7, 11) is 3.66. The zero-order chi connectivity index (χ0) is 13.0. The number of rotatable bonds is 4. The first-order valence-electron chi connectivity index (χ1n) is 6.41. The van der Waals surface area contributed by atoms with Gasteiger partial charge in [-0.1, -0.05) is 12.1 Å². The van der Waals surface area contributed by atoms with Gasteiger partial charge in [0.15, 0.2) is 0 Å². The van der Waals surface area contributed by atoms with Gasteiger partial charge in [-0.2, -0.15) is 0 Å². The molecule has 0 aromatic heterocycles. The van der Waals surface area contributed by atoms with Crippen LogP contribution in [0.25, 0.3) is 0 Å². The first-order chi connectivity index (χ1) is 8.76. The van der Waals surface area contributed by atoms with E-state index in [4.69, 9.17) is 9.47 Å². The molecule has 1 aromatic rings. The summed E-state index contributed by atoms with van der Waals surface area (Å²) in [4.78, 5) is 0. The Morgan fingerprint density at radius 3 is 2.78 bits per heavy atom. The Labute approximate surface area is 109 Å². The van der Waals surface area contributed by atoms with E-state index in [9.17, 15) is 0 Å². The quantitative estimate of drug-likeness (QED) is 0.887. The van der Waals surface area contributed by atoms with E-state index in [0.717, 1.165) is 36.5 Å². The molecule has 1 atom stereocenters. The highest BCUT2D eigenvalue weighted by atomic mass is 16.5. The van der Waals surface area contributed by atoms with Gasteiger partial charge in [0.25, 0.3) is 0 Å². The van der Waals surface area contributed by atoms with Gasteiger partial charge in [-0.3, -0.25) is 0 Å². The maximum absolute atomic E-state index is 5.75. The lowest BCUT2D eigenvalue weighted by molar-refractivity contribution is 0.169. The molecule has 0 saturated heterocycles. The number of aryl methyl sites for hydroxylation is 1. The molecule has 0 aliphatic carbocycles. The molecule has 1 aliphatic rings. The highest BCUT2D eigenvalue weighted by Gasteiger charge is 2.18. The second-order valence-electron chi connectivity index (χ2n) is 4.55. The molecule has 1 heterocycles. The molecule has 0 radical (unpaired) electrons. The van der Waals surface area contributed by atoms with Crippen LogP contribution in [0.5, 0.6) is 5.75 Å². The van der Waals surface area contributed by atoms with Crippen molar-refractivity contribution in [2.24, 2.45) is 0 Å². The number of likely N-dealkylation sites (N-methyl/N-ethyl adjacent to an activating group) is 1. The van der Waals surface area contributed by atoms with Crippen molar-refractivity contribution < 1.29 is 9.47 Å². The first kappa shape index (κ1) is 13.0. The van der Waals surface area contributed by atoms with Crippen LogP contribution >= 0.6 is 0 Å². The fourth-order valence-electron chi connectivity index (χ4n) is 2.33. The molecule has 3 heteroatoms. The van der Waals surface area contributed by atoms with Crippen molar-refractivity contribution in [1.82, 2.24) is 5.32 Å². The van der Waals surface area contributed by atoms with Gasteiger partial charge in [-0.25, -0.2) is 0 Å². The first-order valence-corrected chi connectivity index (χ1v) is 6.41. The van der Waals surface area contributed by atoms with E-state index in [1.807, 2.05) is 13.1 Å². The summed E-state index contributed by atoms with van der Waals surface area (Å²) < 4.78 is 11.0. The molecule has 1 N–H and O–H groups in total. The van der Waals surface area contributed by atoms with Gasteiger partial charge in [0.1, 0.15) is 11.5 Å². The van der Waals surface area contributed by atoms with Gasteiger partial charge in [0.2, 0.25) is 0 Å². The fraction of sp³-hybridized carbons (Fsp3) is 0.467. The van der Waals surface area contributed by atoms with Crippen molar-refractivity contribution >= 4 is 0 Å². The van der Waals surface area contributed by atoms with E-state index in [1.165, 1.54) is 5.56 Å². The van der Waals surface area contributed by atoms with Crippen LogP contribution in [-0.2, 0) is 4.74 Å². The molecule has 3 nitrogen and oxygen atoms in total. The van der Waals surface area contributed by atoms with Gasteiger partial charge < -0.3 is 14.8 Å². The lowest BCUT2D eigenvalue weighted by Crippen LogP contribution is -2.22. The maximum atomic E-state index is 5.75. The van der Waals surface area contributed by atoms with Crippen LogP contribution in [0, 0.1) is 6.92 Å². The van der Waals surface area contributed by atoms with Crippen LogP contribution < -0.4 is 10.1 Å². The fourth-order valence-corrected chi connectivity index (χ4v) is 2.33. The van der Waals surface area contributed by atoms with E-state index in [1.54, 1.807) is 7.11 Å². The second kappa shape index (κ2) is 5.91. The molecule has 98 valence electrons. The minimum Gasteiger partial charge on any atom is -0.496 e. The Morgan fingerprint density at radius 2 is 2.22 bits per heavy atom. The Balaban J connectivity index is 2.27. The van der Waals surface area contributed by atoms with Gasteiger partial charge in [-0.05, 0) is 50.1 Å². The molecule has 0 fully saturated rings. The maximum Gasteiger partial charge on any atom is 0.121 e. The third-order valence-electron chi connectivity index (χ3n) is 3.29. The molecule has 0 saturated carbocycles.